The first-order valence-electron chi connectivity index (χ1n) is 3.22. The molecular formula is C10H10K. The van der Waals surface area contributed by atoms with E-state index in [4.69, 9.17) is 0 Å². The van der Waals surface area contributed by atoms with Crippen molar-refractivity contribution in [1.82, 2.24) is 0 Å². The number of hydrogen-bond donors (Lipinski definition) is 0. The predicted octanol–water partition coefficient (Wildman–Crippen LogP) is 2.59. The SMILES string of the molecule is C=Cc1ccccc1C=C.[K]. The molecule has 0 unspecified atom stereocenters. The largest absolute Gasteiger partial charge is 0.0984 e. The molecule has 51 valence electrons. The molecule has 11 heavy (non-hydrogen) atoms. The quantitative estimate of drug-likeness (QED) is 0.597. The van der Waals surface area contributed by atoms with Crippen molar-refractivity contribution in [3.05, 3.63) is 48.6 Å². The molecule has 0 amide bonds. The zero-order valence-electron chi connectivity index (χ0n) is 6.88. The van der Waals surface area contributed by atoms with Gasteiger partial charge in [0, 0.05) is 51.4 Å². The molecule has 1 aromatic carbocycles. The van der Waals surface area contributed by atoms with Gasteiger partial charge < -0.3 is 0 Å². The molecule has 0 aliphatic carbocycles. The number of rotatable bonds is 2. The van der Waals surface area contributed by atoms with Crippen molar-refractivity contribution in [2.24, 2.45) is 0 Å². The van der Waals surface area contributed by atoms with Crippen LogP contribution in [0, 0.1) is 0 Å². The minimum absolute atomic E-state index is 0. The van der Waals surface area contributed by atoms with Crippen molar-refractivity contribution in [2.45, 2.75) is 0 Å². The van der Waals surface area contributed by atoms with Crippen molar-refractivity contribution in [3.8, 4) is 0 Å². The number of benzene rings is 1. The molecule has 0 saturated carbocycles. The molecule has 0 bridgehead atoms. The normalized spacial score (nSPS) is 8.00. The van der Waals surface area contributed by atoms with E-state index in [1.807, 2.05) is 36.4 Å². The molecule has 0 fully saturated rings. The van der Waals surface area contributed by atoms with E-state index in [-0.39, 0.29) is 51.4 Å². The Morgan fingerprint density at radius 1 is 0.909 bits per heavy atom. The molecule has 1 heteroatoms. The van der Waals surface area contributed by atoms with Gasteiger partial charge in [0.25, 0.3) is 0 Å². The monoisotopic (exact) mass is 169 g/mol. The summed E-state index contributed by atoms with van der Waals surface area (Å²) in [6.45, 7) is 7.38. The summed E-state index contributed by atoms with van der Waals surface area (Å²) in [4.78, 5) is 0. The predicted molar refractivity (Wildman–Crippen MR) is 52.4 cm³/mol. The molecule has 0 nitrogen and oxygen atoms in total. The van der Waals surface area contributed by atoms with Crippen LogP contribution in [0.2, 0.25) is 0 Å². The molecule has 1 radical (unpaired) electrons. The van der Waals surface area contributed by atoms with Gasteiger partial charge in [-0.2, -0.15) is 0 Å². The van der Waals surface area contributed by atoms with E-state index in [1.165, 1.54) is 0 Å². The summed E-state index contributed by atoms with van der Waals surface area (Å²) in [6, 6.07) is 8.02. The van der Waals surface area contributed by atoms with Crippen LogP contribution >= 0.6 is 0 Å². The first kappa shape index (κ1) is 11.3. The van der Waals surface area contributed by atoms with Crippen LogP contribution in [-0.4, -0.2) is 51.4 Å². The van der Waals surface area contributed by atoms with E-state index in [0.717, 1.165) is 11.1 Å². The summed E-state index contributed by atoms with van der Waals surface area (Å²) in [5.74, 6) is 0. The summed E-state index contributed by atoms with van der Waals surface area (Å²) >= 11 is 0. The minimum Gasteiger partial charge on any atom is -0.0984 e. The van der Waals surface area contributed by atoms with Gasteiger partial charge in [0.05, 0.1) is 0 Å². The molecule has 0 aromatic heterocycles. The van der Waals surface area contributed by atoms with Gasteiger partial charge in [0.1, 0.15) is 0 Å². The summed E-state index contributed by atoms with van der Waals surface area (Å²) in [7, 11) is 0. The number of hydrogen-bond acceptors (Lipinski definition) is 0. The van der Waals surface area contributed by atoms with Crippen LogP contribution < -0.4 is 0 Å². The molecule has 0 N–H and O–H groups in total. The molecule has 0 aliphatic rings. The Kier molecular flexibility index (Phi) is 6.10. The Morgan fingerprint density at radius 2 is 1.27 bits per heavy atom. The standard InChI is InChI=1S/C10H10.K/c1-3-9-7-5-6-8-10(9)4-2;/h3-8H,1-2H2;. The molecule has 0 saturated heterocycles. The van der Waals surface area contributed by atoms with Gasteiger partial charge in [0.2, 0.25) is 0 Å². The molecule has 0 spiro atoms. The Labute approximate surface area is 110 Å². The maximum absolute atomic E-state index is 3.69. The van der Waals surface area contributed by atoms with Gasteiger partial charge in [-0.25, -0.2) is 0 Å². The Morgan fingerprint density at radius 3 is 1.55 bits per heavy atom. The van der Waals surface area contributed by atoms with Crippen LogP contribution in [0.25, 0.3) is 12.2 Å². The van der Waals surface area contributed by atoms with Crippen LogP contribution in [-0.2, 0) is 0 Å². The van der Waals surface area contributed by atoms with E-state index in [9.17, 15) is 0 Å². The minimum atomic E-state index is 0. The van der Waals surface area contributed by atoms with E-state index in [2.05, 4.69) is 13.2 Å². The van der Waals surface area contributed by atoms with Gasteiger partial charge in [-0.15, -0.1) is 0 Å². The van der Waals surface area contributed by atoms with Gasteiger partial charge in [-0.05, 0) is 11.1 Å². The summed E-state index contributed by atoms with van der Waals surface area (Å²) < 4.78 is 0. The maximum Gasteiger partial charge on any atom is 0 e. The second-order valence-electron chi connectivity index (χ2n) is 2.04. The van der Waals surface area contributed by atoms with Gasteiger partial charge in [0.15, 0.2) is 0 Å². The van der Waals surface area contributed by atoms with Crippen molar-refractivity contribution >= 4 is 63.5 Å². The van der Waals surface area contributed by atoms with Crippen molar-refractivity contribution < 1.29 is 0 Å². The summed E-state index contributed by atoms with van der Waals surface area (Å²) in [5, 5.41) is 0. The van der Waals surface area contributed by atoms with Gasteiger partial charge in [-0.1, -0.05) is 49.6 Å². The Hall–Kier alpha value is 0.336. The second-order valence-corrected chi connectivity index (χ2v) is 2.04. The molecule has 1 aromatic rings. The van der Waals surface area contributed by atoms with E-state index < -0.39 is 0 Å². The van der Waals surface area contributed by atoms with E-state index in [1.54, 1.807) is 0 Å². The fourth-order valence-electron chi connectivity index (χ4n) is 0.883. The molecule has 0 atom stereocenters. The summed E-state index contributed by atoms with van der Waals surface area (Å²) in [5.41, 5.74) is 2.27. The summed E-state index contributed by atoms with van der Waals surface area (Å²) in [6.07, 6.45) is 3.66. The Bertz CT molecular complexity index is 224. The van der Waals surface area contributed by atoms with Crippen LogP contribution in [0.15, 0.2) is 37.4 Å². The molecule has 0 aliphatic heterocycles. The fourth-order valence-corrected chi connectivity index (χ4v) is 0.883. The maximum atomic E-state index is 3.69. The third-order valence-electron chi connectivity index (χ3n) is 1.44. The average molecular weight is 169 g/mol. The molecule has 0 heterocycles. The second kappa shape index (κ2) is 5.92. The average Bonchev–Trinajstić information content (AvgIpc) is 2.04. The molecular weight excluding hydrogens is 159 g/mol. The van der Waals surface area contributed by atoms with Crippen molar-refractivity contribution in [1.29, 1.82) is 0 Å². The third-order valence-corrected chi connectivity index (χ3v) is 1.44. The van der Waals surface area contributed by atoms with Crippen LogP contribution in [0.5, 0.6) is 0 Å². The van der Waals surface area contributed by atoms with Crippen LogP contribution in [0.1, 0.15) is 11.1 Å². The third kappa shape index (κ3) is 3.05. The van der Waals surface area contributed by atoms with Crippen molar-refractivity contribution in [3.63, 3.8) is 0 Å². The first-order valence-corrected chi connectivity index (χ1v) is 3.22. The topological polar surface area (TPSA) is 0 Å². The van der Waals surface area contributed by atoms with E-state index in [0.29, 0.717) is 0 Å². The van der Waals surface area contributed by atoms with Crippen LogP contribution in [0.3, 0.4) is 0 Å². The van der Waals surface area contributed by atoms with Crippen LogP contribution in [0.4, 0.5) is 0 Å². The Balaban J connectivity index is 0.000001000. The zero-order valence-corrected chi connectivity index (χ0v) is 10.0. The van der Waals surface area contributed by atoms with Gasteiger partial charge in [-0.3, -0.25) is 0 Å². The zero-order chi connectivity index (χ0) is 7.40. The smallest absolute Gasteiger partial charge is 0 e. The molecule has 1 rings (SSSR count). The van der Waals surface area contributed by atoms with E-state index >= 15 is 0 Å². The first-order chi connectivity index (χ1) is 4.88. The van der Waals surface area contributed by atoms with Gasteiger partial charge >= 0.3 is 0 Å². The van der Waals surface area contributed by atoms with Crippen molar-refractivity contribution in [2.75, 3.05) is 0 Å². The fraction of sp³-hybridized carbons (Fsp3) is 0.